The Bertz CT molecular complexity index is 3920. The number of aliphatic hydroxyl groups is 25. The Kier molecular flexibility index (Phi) is 40.7. The number of carboxylic acids is 4. The van der Waals surface area contributed by atoms with Crippen LogP contribution in [-0.4, -0.2) is 527 Å². The first-order valence-electron chi connectivity index (χ1n) is 41.8. The summed E-state index contributed by atoms with van der Waals surface area (Å²) >= 11 is 0. The minimum absolute atomic E-state index is 0.188. The van der Waals surface area contributed by atoms with Gasteiger partial charge in [0.05, 0.1) is 121 Å². The number of ether oxygens (including phenoxy) is 16. The van der Waals surface area contributed by atoms with Crippen LogP contribution in [0.2, 0.25) is 0 Å². The molecule has 0 saturated carbocycles. The molecule has 0 bridgehead atoms. The van der Waals surface area contributed by atoms with Gasteiger partial charge in [-0.2, -0.15) is 0 Å². The van der Waals surface area contributed by atoms with Crippen LogP contribution in [0, 0.1) is 0 Å². The van der Waals surface area contributed by atoms with Crippen molar-refractivity contribution >= 4 is 59.8 Å². The third-order valence-corrected chi connectivity index (χ3v) is 23.5. The lowest BCUT2D eigenvalue weighted by Gasteiger charge is -2.53. The molecule has 0 unspecified atom stereocenters. The van der Waals surface area contributed by atoms with E-state index in [1.54, 1.807) is 0 Å². The first-order chi connectivity index (χ1) is 63.3. The lowest BCUT2D eigenvalue weighted by atomic mass is 9.87. The average Bonchev–Trinajstić information content (AvgIpc) is 0.746. The SMILES string of the molecule is CC(=O)N[C@H]1[C@H](O[C@@H]2[C@H](O)[C@@H](O)[C@H](O[C@H]3[C@H](O)[C@@H](O)[C@H](OC[C@@H](CO)NC=O)O[C@@H]3CO)O[C@@H]2CO)O[C@H](CO[C@]2(C(=O)[O-])C[C@H](O)[C@@H](NC(C)=O)[C@H]([C@H](O)[C@@H](CO)O[C@]3(C(=O)[O-])C[C@H](O)[C@@H](NC(C)=O)[C@H]([C@H](O)[C@H](O)CO)O3)O2)[C@H](O)[C@@H]1O[C@@H]1O[C@H](CO)[C@H](O)[C@H](O[C@]2(C(=O)[O-])C[C@H](O)[C@@H](NC(C)=O)[C@H]([C@H](O)[C@@H](CO)O[C@]3(C(=O)[O-])C[C@H](O)[C@@H](NC(C)=O)[C@H]([C@H](O)[C@H](O)CO)O3)O2)[C@H]1O. The van der Waals surface area contributed by atoms with Crippen molar-refractivity contribution in [2.75, 3.05) is 66.1 Å². The highest BCUT2D eigenvalue weighted by molar-refractivity contribution is 5.78. The summed E-state index contributed by atoms with van der Waals surface area (Å²) in [5.41, 5.74) is 0. The van der Waals surface area contributed by atoms with E-state index in [1.165, 1.54) is 0 Å². The van der Waals surface area contributed by atoms with E-state index in [0.717, 1.165) is 34.6 Å². The number of carboxylic acid groups (broad SMARTS) is 4. The summed E-state index contributed by atoms with van der Waals surface area (Å²) in [7, 11) is 0. The second-order valence-electron chi connectivity index (χ2n) is 33.2. The van der Waals surface area contributed by atoms with Crippen LogP contribution < -0.4 is 52.3 Å². The zero-order chi connectivity index (χ0) is 101. The van der Waals surface area contributed by atoms with Gasteiger partial charge >= 0.3 is 0 Å². The van der Waals surface area contributed by atoms with Gasteiger partial charge in [0.15, 0.2) is 25.2 Å². The summed E-state index contributed by atoms with van der Waals surface area (Å²) in [6.45, 7) is -8.94. The van der Waals surface area contributed by atoms with Gasteiger partial charge in [0.2, 0.25) is 59.1 Å². The molecule has 8 rings (SSSR count). The van der Waals surface area contributed by atoms with Crippen molar-refractivity contribution in [3.05, 3.63) is 0 Å². The number of hydrogen-bond donors (Lipinski definition) is 31. The average molecular weight is 1970 g/mol. The topological polar surface area (TPSA) is 989 Å². The van der Waals surface area contributed by atoms with Gasteiger partial charge in [0.1, 0.15) is 195 Å². The number of aliphatic carboxylic acids is 4. The zero-order valence-corrected chi connectivity index (χ0v) is 72.1. The smallest absolute Gasteiger partial charge is 0.217 e. The summed E-state index contributed by atoms with van der Waals surface area (Å²) in [6, 6.07) is -11.7. The lowest BCUT2D eigenvalue weighted by molar-refractivity contribution is -0.416. The molecular weight excluding hydrogens is 1850 g/mol. The van der Waals surface area contributed by atoms with Crippen LogP contribution in [-0.2, 0) is 124 Å². The van der Waals surface area contributed by atoms with E-state index >= 15 is 0 Å². The van der Waals surface area contributed by atoms with E-state index in [-0.39, 0.29) is 6.41 Å². The monoisotopic (exact) mass is 1970 g/mol. The van der Waals surface area contributed by atoms with E-state index in [4.69, 9.17) is 75.8 Å². The predicted octanol–water partition coefficient (Wildman–Crippen LogP) is -27.1. The second-order valence-corrected chi connectivity index (χ2v) is 33.2. The van der Waals surface area contributed by atoms with Gasteiger partial charge in [-0.25, -0.2) is 0 Å². The fourth-order valence-corrected chi connectivity index (χ4v) is 16.8. The van der Waals surface area contributed by atoms with Crippen LogP contribution in [0.25, 0.3) is 0 Å². The maximum Gasteiger partial charge on any atom is 0.217 e. The van der Waals surface area contributed by atoms with Crippen LogP contribution >= 0.6 is 0 Å². The number of rotatable bonds is 45. The van der Waals surface area contributed by atoms with Crippen LogP contribution in [0.5, 0.6) is 0 Å². The molecule has 0 aliphatic carbocycles. The molecule has 0 aromatic heterocycles. The molecule has 8 heterocycles. The summed E-state index contributed by atoms with van der Waals surface area (Å²) in [6.07, 6.45) is -92.4. The Morgan fingerprint density at radius 1 is 0.370 bits per heavy atom. The van der Waals surface area contributed by atoms with Crippen LogP contribution in [0.3, 0.4) is 0 Å². The summed E-state index contributed by atoms with van der Waals surface area (Å²) < 4.78 is 92.4. The summed E-state index contributed by atoms with van der Waals surface area (Å²) in [4.78, 5) is 129. The largest absolute Gasteiger partial charge is 0.544 e. The second kappa shape index (κ2) is 48.5. The number of aliphatic hydroxyl groups excluding tert-OH is 25. The minimum Gasteiger partial charge on any atom is -0.544 e. The molecule has 61 heteroatoms. The van der Waals surface area contributed by atoms with Gasteiger partial charge < -0.3 is 275 Å². The molecular formula is C74H116N6O55-4. The van der Waals surface area contributed by atoms with Crippen molar-refractivity contribution in [3.8, 4) is 0 Å². The molecule has 776 valence electrons. The normalized spacial score (nSPS) is 41.1. The van der Waals surface area contributed by atoms with Gasteiger partial charge in [-0.05, 0) is 0 Å². The molecule has 0 aromatic rings. The standard InChI is InChI=1S/C74H120N6O55/c1-21(90)76-39-28(96)7-72(68(114)115,132-58(39)44(101)31(99)11-82)129-34(14-85)47(104)60-41(78-23(3)92)27(95)6-71(131-60,67(112)113)121-19-38-49(106)57(43(80-25(5)94)63(125-38)126-55-37(17-88)124-65(53(110)51(55)108)127-56-36(16-87)123-64(52(109)50(56)107)120-18-26(10-81)75-20-89)128-66-54(111)62(46(103)33(13-84)122-66)135-74(70(118)119)9-30(98)42(79-24(4)93)61(134-74)48(105)35(15-86)130-73(69(116)117)8-29(97)40(77-22(2)91)59(133-73)45(102)32(100)12-83/h20,26-66,81-88,95-111H,6-19H2,1-5H3,(H,75,89)(H,76,90)(H,77,91)(H,78,92)(H,79,93)(H,80,94)(H,112,113)(H,114,115)(H,116,117)(H,118,119)/p-4/t26-,27+,28+,29+,30+,31-,32-,33-,34-,35-,36-,37-,38-,39-,40-,41-,42-,43-,44-,45-,46+,47-,48-,49+,50-,51-,52-,53-,54-,55+,56-,57-,58-,59-,60-,61-,62+,63+,64-,65+,66+,71-,72-,73-,74+/m1/s1. The zero-order valence-electron chi connectivity index (χ0n) is 72.1. The van der Waals surface area contributed by atoms with Gasteiger partial charge in [-0.15, -0.1) is 0 Å². The molecule has 31 N–H and O–H groups in total. The summed E-state index contributed by atoms with van der Waals surface area (Å²) in [5.74, 6) is -30.7. The van der Waals surface area contributed by atoms with Crippen LogP contribution in [0.4, 0.5) is 0 Å². The Hall–Kier alpha value is -6.94. The fourth-order valence-electron chi connectivity index (χ4n) is 16.8. The third-order valence-electron chi connectivity index (χ3n) is 23.5. The van der Waals surface area contributed by atoms with Crippen molar-refractivity contribution in [3.63, 3.8) is 0 Å². The third kappa shape index (κ3) is 25.7. The highest BCUT2D eigenvalue weighted by atomic mass is 16.8. The first-order valence-corrected chi connectivity index (χ1v) is 41.8. The first kappa shape index (κ1) is 113. The van der Waals surface area contributed by atoms with E-state index in [9.17, 15) is 196 Å². The number of carbonyl (C=O) groups is 10. The van der Waals surface area contributed by atoms with Crippen molar-refractivity contribution in [2.45, 2.75) is 334 Å². The lowest BCUT2D eigenvalue weighted by Crippen LogP contribution is -2.73. The molecule has 45 atom stereocenters. The highest BCUT2D eigenvalue weighted by Crippen LogP contribution is 2.44. The highest BCUT2D eigenvalue weighted by Gasteiger charge is 2.64. The van der Waals surface area contributed by atoms with Gasteiger partial charge in [0, 0.05) is 60.3 Å². The maximum absolute atomic E-state index is 13.9. The van der Waals surface area contributed by atoms with Gasteiger partial charge in [-0.3, -0.25) is 28.8 Å². The molecule has 8 aliphatic rings. The molecule has 0 spiro atoms. The predicted molar refractivity (Wildman–Crippen MR) is 405 cm³/mol. The van der Waals surface area contributed by atoms with Crippen LogP contribution in [0.1, 0.15) is 60.3 Å². The van der Waals surface area contributed by atoms with Gasteiger partial charge in [-0.1, -0.05) is 0 Å². The molecule has 8 aliphatic heterocycles. The maximum atomic E-state index is 13.9. The molecule has 61 nitrogen and oxygen atoms in total. The molecule has 135 heavy (non-hydrogen) atoms. The van der Waals surface area contributed by atoms with E-state index in [2.05, 4.69) is 31.9 Å². The Balaban J connectivity index is 1.19. The molecule has 8 saturated heterocycles. The quantitative estimate of drug-likeness (QED) is 0.0252. The number of nitrogens with one attached hydrogen (secondary N) is 6. The Morgan fingerprint density at radius 2 is 0.696 bits per heavy atom. The molecule has 6 amide bonds. The fraction of sp³-hybridized carbons (Fsp3) is 0.865. The molecule has 0 radical (unpaired) electrons. The minimum atomic E-state index is -3.87. The van der Waals surface area contributed by atoms with Crippen molar-refractivity contribution in [2.24, 2.45) is 0 Å². The number of amides is 6. The Labute approximate surface area is 761 Å². The summed E-state index contributed by atoms with van der Waals surface area (Å²) in [5, 5.41) is 349. The molecule has 0 aromatic carbocycles. The van der Waals surface area contributed by atoms with Crippen molar-refractivity contribution < 1.29 is 272 Å². The number of hydrogen-bond acceptors (Lipinski definition) is 55. The Morgan fingerprint density at radius 3 is 1.07 bits per heavy atom. The van der Waals surface area contributed by atoms with E-state index in [0.29, 0.717) is 0 Å². The van der Waals surface area contributed by atoms with Crippen LogP contribution in [0.15, 0.2) is 0 Å². The molecule has 8 fully saturated rings. The van der Waals surface area contributed by atoms with E-state index < -0.39 is 419 Å². The van der Waals surface area contributed by atoms with Gasteiger partial charge in [0.25, 0.3) is 0 Å². The van der Waals surface area contributed by atoms with Crippen molar-refractivity contribution in [1.82, 2.24) is 31.9 Å². The van der Waals surface area contributed by atoms with E-state index in [1.807, 2.05) is 0 Å². The number of carbonyl (C=O) groups excluding carboxylic acids is 10. The van der Waals surface area contributed by atoms with Crippen molar-refractivity contribution in [1.29, 1.82) is 0 Å².